The minimum Gasteiger partial charge on any atom is -0.481 e. The molecule has 1 saturated heterocycles. The summed E-state index contributed by atoms with van der Waals surface area (Å²) < 4.78 is 10.8. The minimum absolute atomic E-state index is 0.0728. The molecule has 0 unspecified atom stereocenters. The van der Waals surface area contributed by atoms with Crippen molar-refractivity contribution >= 4 is 11.9 Å². The molecule has 0 spiro atoms. The molecule has 120 valence electrons. The van der Waals surface area contributed by atoms with Crippen molar-refractivity contribution in [2.24, 2.45) is 5.41 Å². The molecular formula is C15H20N2O5. The number of carboxylic acids is 1. The number of carbonyl (C=O) groups excluding carboxylic acids is 1. The zero-order valence-electron chi connectivity index (χ0n) is 12.6. The van der Waals surface area contributed by atoms with Crippen LogP contribution in [0.5, 0.6) is 0 Å². The molecule has 1 aromatic heterocycles. The lowest BCUT2D eigenvalue weighted by Crippen LogP contribution is -2.46. The van der Waals surface area contributed by atoms with Crippen molar-refractivity contribution in [3.63, 3.8) is 0 Å². The van der Waals surface area contributed by atoms with Gasteiger partial charge in [0.15, 0.2) is 5.89 Å². The van der Waals surface area contributed by atoms with E-state index in [9.17, 15) is 14.7 Å². The predicted octanol–water partition coefficient (Wildman–Crippen LogP) is 1.47. The van der Waals surface area contributed by atoms with Crippen molar-refractivity contribution in [3.8, 4) is 0 Å². The summed E-state index contributed by atoms with van der Waals surface area (Å²) in [4.78, 5) is 28.1. The van der Waals surface area contributed by atoms with Gasteiger partial charge < -0.3 is 19.6 Å². The molecular weight excluding hydrogens is 288 g/mol. The predicted molar refractivity (Wildman–Crippen MR) is 75.7 cm³/mol. The zero-order chi connectivity index (χ0) is 15.7. The molecule has 2 N–H and O–H groups in total. The van der Waals surface area contributed by atoms with Crippen molar-refractivity contribution in [1.82, 2.24) is 10.3 Å². The van der Waals surface area contributed by atoms with E-state index in [4.69, 9.17) is 9.15 Å². The van der Waals surface area contributed by atoms with Gasteiger partial charge in [0, 0.05) is 25.7 Å². The molecule has 22 heavy (non-hydrogen) atoms. The first kappa shape index (κ1) is 15.0. The number of carboxylic acid groups (broad SMARTS) is 1. The van der Waals surface area contributed by atoms with Gasteiger partial charge in [0.05, 0.1) is 11.1 Å². The molecule has 1 amide bonds. The van der Waals surface area contributed by atoms with Gasteiger partial charge in [-0.05, 0) is 32.6 Å². The molecule has 2 heterocycles. The highest BCUT2D eigenvalue weighted by atomic mass is 16.5. The maximum absolute atomic E-state index is 12.3. The summed E-state index contributed by atoms with van der Waals surface area (Å²) in [5.41, 5.74) is -0.406. The molecule has 0 bridgehead atoms. The lowest BCUT2D eigenvalue weighted by atomic mass is 9.80. The molecule has 2 fully saturated rings. The molecule has 7 nitrogen and oxygen atoms in total. The van der Waals surface area contributed by atoms with E-state index in [0.29, 0.717) is 43.6 Å². The molecule has 1 aliphatic carbocycles. The van der Waals surface area contributed by atoms with Gasteiger partial charge in [0.1, 0.15) is 0 Å². The fourth-order valence-corrected chi connectivity index (χ4v) is 2.69. The number of aryl methyl sites for hydroxylation is 1. The highest BCUT2D eigenvalue weighted by Gasteiger charge is 2.41. The van der Waals surface area contributed by atoms with Crippen molar-refractivity contribution in [2.45, 2.75) is 38.5 Å². The van der Waals surface area contributed by atoms with Crippen molar-refractivity contribution in [3.05, 3.63) is 17.3 Å². The molecule has 3 rings (SSSR count). The third-order valence-corrected chi connectivity index (χ3v) is 4.44. The van der Waals surface area contributed by atoms with Gasteiger partial charge in [-0.25, -0.2) is 4.98 Å². The number of ether oxygens (including phenoxy) is 1. The van der Waals surface area contributed by atoms with Crippen LogP contribution in [0.3, 0.4) is 0 Å². The van der Waals surface area contributed by atoms with Crippen LogP contribution >= 0.6 is 0 Å². The third kappa shape index (κ3) is 2.85. The summed E-state index contributed by atoms with van der Waals surface area (Å²) in [6.45, 7) is 2.60. The average Bonchev–Trinajstić information content (AvgIpc) is 3.28. The quantitative estimate of drug-likeness (QED) is 0.854. The summed E-state index contributed by atoms with van der Waals surface area (Å²) in [7, 11) is 0. The Kier molecular flexibility index (Phi) is 3.90. The van der Waals surface area contributed by atoms with Crippen LogP contribution in [-0.2, 0) is 9.53 Å². The lowest BCUT2D eigenvalue weighted by molar-refractivity contribution is -0.154. The van der Waals surface area contributed by atoms with Gasteiger partial charge >= 0.3 is 5.97 Å². The Morgan fingerprint density at radius 2 is 2.05 bits per heavy atom. The molecule has 0 radical (unpaired) electrons. The van der Waals surface area contributed by atoms with Crippen LogP contribution < -0.4 is 5.32 Å². The Morgan fingerprint density at radius 1 is 1.36 bits per heavy atom. The SMILES string of the molecule is Cc1nc(C2CC2)oc1C(=O)NCC1(C(=O)O)CCOCC1. The number of rotatable bonds is 5. The molecule has 0 aromatic carbocycles. The zero-order valence-corrected chi connectivity index (χ0v) is 12.6. The van der Waals surface area contributed by atoms with Gasteiger partial charge in [0.25, 0.3) is 5.91 Å². The number of aliphatic carboxylic acids is 1. The molecule has 1 aromatic rings. The molecule has 1 aliphatic heterocycles. The number of oxazole rings is 1. The number of amides is 1. The maximum atomic E-state index is 12.3. The average molecular weight is 308 g/mol. The first-order valence-electron chi connectivity index (χ1n) is 7.58. The van der Waals surface area contributed by atoms with E-state index < -0.39 is 17.3 Å². The standard InChI is InChI=1S/C15H20N2O5/c1-9-11(22-13(17-9)10-2-3-10)12(18)16-8-15(14(19)20)4-6-21-7-5-15/h10H,2-8H2,1H3,(H,16,18)(H,19,20). The second kappa shape index (κ2) is 5.72. The van der Waals surface area contributed by atoms with E-state index >= 15 is 0 Å². The van der Waals surface area contributed by atoms with E-state index in [1.54, 1.807) is 6.92 Å². The van der Waals surface area contributed by atoms with Crippen LogP contribution in [0.2, 0.25) is 0 Å². The first-order chi connectivity index (χ1) is 10.5. The number of aromatic nitrogens is 1. The molecule has 0 atom stereocenters. The van der Waals surface area contributed by atoms with E-state index in [0.717, 1.165) is 12.8 Å². The van der Waals surface area contributed by atoms with Crippen molar-refractivity contribution in [2.75, 3.05) is 19.8 Å². The van der Waals surface area contributed by atoms with Gasteiger partial charge in [-0.2, -0.15) is 0 Å². The molecule has 1 saturated carbocycles. The topological polar surface area (TPSA) is 102 Å². The summed E-state index contributed by atoms with van der Waals surface area (Å²) >= 11 is 0. The van der Waals surface area contributed by atoms with E-state index in [1.807, 2.05) is 0 Å². The first-order valence-corrected chi connectivity index (χ1v) is 7.58. The fraction of sp³-hybridized carbons (Fsp3) is 0.667. The number of hydrogen-bond acceptors (Lipinski definition) is 5. The van der Waals surface area contributed by atoms with Gasteiger partial charge in [-0.1, -0.05) is 0 Å². The van der Waals surface area contributed by atoms with Gasteiger partial charge in [-0.3, -0.25) is 9.59 Å². The van der Waals surface area contributed by atoms with Crippen molar-refractivity contribution in [1.29, 1.82) is 0 Å². The second-order valence-electron chi connectivity index (χ2n) is 6.12. The lowest BCUT2D eigenvalue weighted by Gasteiger charge is -2.32. The number of hydrogen-bond donors (Lipinski definition) is 2. The van der Waals surface area contributed by atoms with E-state index in [1.165, 1.54) is 0 Å². The highest BCUT2D eigenvalue weighted by molar-refractivity contribution is 5.92. The normalized spacial score (nSPS) is 20.6. The van der Waals surface area contributed by atoms with Crippen LogP contribution in [0, 0.1) is 12.3 Å². The summed E-state index contributed by atoms with van der Waals surface area (Å²) in [6, 6.07) is 0. The summed E-state index contributed by atoms with van der Waals surface area (Å²) in [6.07, 6.45) is 2.88. The van der Waals surface area contributed by atoms with E-state index in [-0.39, 0.29) is 12.3 Å². The Morgan fingerprint density at radius 3 is 2.64 bits per heavy atom. The largest absolute Gasteiger partial charge is 0.481 e. The van der Waals surface area contributed by atoms with Crippen LogP contribution in [0.4, 0.5) is 0 Å². The summed E-state index contributed by atoms with van der Waals surface area (Å²) in [5, 5.41) is 12.2. The number of carbonyl (C=O) groups is 2. The highest BCUT2D eigenvalue weighted by Crippen LogP contribution is 2.40. The van der Waals surface area contributed by atoms with Crippen molar-refractivity contribution < 1.29 is 23.8 Å². The Balaban J connectivity index is 1.67. The summed E-state index contributed by atoms with van der Waals surface area (Å²) in [5.74, 6) is -0.162. The van der Waals surface area contributed by atoms with Crippen LogP contribution in [0.1, 0.15) is 53.7 Å². The fourth-order valence-electron chi connectivity index (χ4n) is 2.69. The smallest absolute Gasteiger partial charge is 0.311 e. The Labute approximate surface area is 128 Å². The molecule has 2 aliphatic rings. The van der Waals surface area contributed by atoms with Crippen LogP contribution in [0.15, 0.2) is 4.42 Å². The Hall–Kier alpha value is -1.89. The van der Waals surface area contributed by atoms with Gasteiger partial charge in [0.2, 0.25) is 5.76 Å². The van der Waals surface area contributed by atoms with Crippen LogP contribution in [-0.4, -0.2) is 41.7 Å². The minimum atomic E-state index is -0.957. The van der Waals surface area contributed by atoms with Crippen LogP contribution in [0.25, 0.3) is 0 Å². The Bertz CT molecular complexity index is 585. The third-order valence-electron chi connectivity index (χ3n) is 4.44. The number of nitrogens with zero attached hydrogens (tertiary/aromatic N) is 1. The number of nitrogens with one attached hydrogen (secondary N) is 1. The second-order valence-corrected chi connectivity index (χ2v) is 6.12. The monoisotopic (exact) mass is 308 g/mol. The molecule has 7 heteroatoms. The maximum Gasteiger partial charge on any atom is 0.311 e. The van der Waals surface area contributed by atoms with Gasteiger partial charge in [-0.15, -0.1) is 0 Å². The van der Waals surface area contributed by atoms with E-state index in [2.05, 4.69) is 10.3 Å².